The van der Waals surface area contributed by atoms with Crippen LogP contribution < -0.4 is 15.4 Å². The highest BCUT2D eigenvalue weighted by Crippen LogP contribution is 2.29. The maximum atomic E-state index is 12.8. The molecule has 1 atom stereocenters. The number of fused-ring (bicyclic) bond motifs is 1. The Labute approximate surface area is 247 Å². The maximum absolute atomic E-state index is 12.8. The maximum Gasteiger partial charge on any atom is 0.410 e. The number of imide groups is 1. The van der Waals surface area contributed by atoms with Gasteiger partial charge in [-0.05, 0) is 70.0 Å². The second-order valence-corrected chi connectivity index (χ2v) is 14.2. The number of piperidine rings is 1. The van der Waals surface area contributed by atoms with Gasteiger partial charge in [-0.25, -0.2) is 23.0 Å². The van der Waals surface area contributed by atoms with Gasteiger partial charge in [-0.1, -0.05) is 22.9 Å². The van der Waals surface area contributed by atoms with Crippen LogP contribution >= 0.6 is 22.9 Å². The smallest absolute Gasteiger partial charge is 0.410 e. The first-order valence-electron chi connectivity index (χ1n) is 12.8. The molecule has 1 saturated heterocycles. The molecule has 0 bridgehead atoms. The summed E-state index contributed by atoms with van der Waals surface area (Å²) in [6.07, 6.45) is 2.45. The number of urea groups is 1. The van der Waals surface area contributed by atoms with Crippen LogP contribution in [0.15, 0.2) is 41.3 Å². The van der Waals surface area contributed by atoms with E-state index in [0.29, 0.717) is 35.7 Å². The second-order valence-electron chi connectivity index (χ2n) is 10.7. The second kappa shape index (κ2) is 12.2. The highest BCUT2D eigenvalue weighted by Gasteiger charge is 2.28. The summed E-state index contributed by atoms with van der Waals surface area (Å²) < 4.78 is 35.6. The molecule has 0 saturated carbocycles. The number of carbonyl (C=O) groups is 3. The molecule has 14 heteroatoms. The van der Waals surface area contributed by atoms with Crippen molar-refractivity contribution in [3.63, 3.8) is 0 Å². The molecule has 2 N–H and O–H groups in total. The number of hydrogen-bond donors (Lipinski definition) is 2. The summed E-state index contributed by atoms with van der Waals surface area (Å²) in [4.78, 5) is 43.8. The summed E-state index contributed by atoms with van der Waals surface area (Å²) in [6, 6.07) is 8.21. The number of thiazole rings is 1. The van der Waals surface area contributed by atoms with Crippen molar-refractivity contribution < 1.29 is 32.3 Å². The molecule has 1 aliphatic heterocycles. The van der Waals surface area contributed by atoms with Crippen molar-refractivity contribution in [1.29, 1.82) is 0 Å². The summed E-state index contributed by atoms with van der Waals surface area (Å²) in [5.74, 6) is -0.272. The van der Waals surface area contributed by atoms with Crippen molar-refractivity contribution in [3.05, 3.63) is 47.0 Å². The predicted octanol–water partition coefficient (Wildman–Crippen LogP) is 5.34. The van der Waals surface area contributed by atoms with E-state index < -0.39 is 27.4 Å². The Kier molecular flexibility index (Phi) is 9.10. The van der Waals surface area contributed by atoms with E-state index in [-0.39, 0.29) is 32.6 Å². The van der Waals surface area contributed by atoms with Gasteiger partial charge in [0.2, 0.25) is 0 Å². The number of rotatable bonds is 6. The van der Waals surface area contributed by atoms with Gasteiger partial charge < -0.3 is 14.4 Å². The van der Waals surface area contributed by atoms with Crippen molar-refractivity contribution in [2.75, 3.05) is 31.3 Å². The van der Waals surface area contributed by atoms with Gasteiger partial charge in [0.25, 0.3) is 5.91 Å². The van der Waals surface area contributed by atoms with Crippen LogP contribution in [0.1, 0.15) is 44.0 Å². The molecule has 0 radical (unpaired) electrons. The Morgan fingerprint density at radius 1 is 1.17 bits per heavy atom. The molecule has 1 aliphatic rings. The first-order chi connectivity index (χ1) is 19.2. The van der Waals surface area contributed by atoms with Gasteiger partial charge in [0.15, 0.2) is 15.0 Å². The Morgan fingerprint density at radius 2 is 1.93 bits per heavy atom. The molecule has 0 spiro atoms. The lowest BCUT2D eigenvalue weighted by Crippen LogP contribution is -2.44. The monoisotopic (exact) mass is 622 g/mol. The van der Waals surface area contributed by atoms with Crippen LogP contribution in [0.3, 0.4) is 0 Å². The average molecular weight is 623 g/mol. The van der Waals surface area contributed by atoms with Gasteiger partial charge in [0.1, 0.15) is 11.4 Å². The van der Waals surface area contributed by atoms with Gasteiger partial charge in [-0.15, -0.1) is 0 Å². The molecule has 1 unspecified atom stereocenters. The fourth-order valence-corrected chi connectivity index (χ4v) is 5.99. The number of nitrogens with one attached hydrogen (secondary N) is 2. The third-order valence-corrected chi connectivity index (χ3v) is 8.45. The Balaban J connectivity index is 1.34. The number of halogens is 1. The van der Waals surface area contributed by atoms with E-state index in [9.17, 15) is 22.8 Å². The summed E-state index contributed by atoms with van der Waals surface area (Å²) in [6.45, 7) is 6.92. The Morgan fingerprint density at radius 3 is 2.63 bits per heavy atom. The van der Waals surface area contributed by atoms with Crippen LogP contribution in [0, 0.1) is 5.92 Å². The predicted molar refractivity (Wildman–Crippen MR) is 157 cm³/mol. The third kappa shape index (κ3) is 8.30. The van der Waals surface area contributed by atoms with Crippen molar-refractivity contribution in [1.82, 2.24) is 15.2 Å². The Hall–Kier alpha value is -3.42. The number of likely N-dealkylation sites (tertiary alicyclic amines) is 1. The molecule has 0 aliphatic carbocycles. The molecule has 11 nitrogen and oxygen atoms in total. The van der Waals surface area contributed by atoms with Gasteiger partial charge in [0.05, 0.1) is 32.3 Å². The van der Waals surface area contributed by atoms with Crippen LogP contribution in [0.5, 0.6) is 5.75 Å². The lowest BCUT2D eigenvalue weighted by molar-refractivity contribution is 0.0139. The lowest BCUT2D eigenvalue weighted by atomic mass is 9.99. The number of ether oxygens (including phenoxy) is 2. The van der Waals surface area contributed by atoms with Gasteiger partial charge in [0, 0.05) is 25.3 Å². The zero-order valence-corrected chi connectivity index (χ0v) is 25.4. The van der Waals surface area contributed by atoms with E-state index >= 15 is 0 Å². The number of amides is 4. The van der Waals surface area contributed by atoms with Crippen LogP contribution in [0.25, 0.3) is 10.2 Å². The minimum Gasteiger partial charge on any atom is -0.493 e. The average Bonchev–Trinajstić information content (AvgIpc) is 3.28. The number of sulfone groups is 1. The van der Waals surface area contributed by atoms with Crippen molar-refractivity contribution in [2.24, 2.45) is 5.92 Å². The number of aromatic nitrogens is 1. The van der Waals surface area contributed by atoms with E-state index in [2.05, 4.69) is 15.6 Å². The number of nitrogens with zero attached hydrogens (tertiary/aromatic N) is 2. The molecule has 4 rings (SSSR count). The van der Waals surface area contributed by atoms with Crippen LogP contribution in [-0.2, 0) is 14.6 Å². The molecule has 3 aromatic rings. The number of carbonyl (C=O) groups excluding carboxylic acids is 3. The highest BCUT2D eigenvalue weighted by atomic mass is 35.5. The fraction of sp³-hybridized carbons (Fsp3) is 0.407. The van der Waals surface area contributed by atoms with Crippen molar-refractivity contribution >= 4 is 66.2 Å². The first-order valence-corrected chi connectivity index (χ1v) is 15.9. The van der Waals surface area contributed by atoms with Crippen molar-refractivity contribution in [3.8, 4) is 5.75 Å². The minimum absolute atomic E-state index is 0.0421. The molecule has 41 heavy (non-hydrogen) atoms. The standard InChI is InChI=1S/C27H31ClN4O7S2/c1-27(2,3)39-26(35)32-11-5-6-16(14-32)15-38-17-7-9-20(28)19(12-17)23(33)30-24(34)31-25-29-21-10-8-18(41(4,36)37)13-22(21)40-25/h7-10,12-13,16H,5-6,11,14-15H2,1-4H3,(H2,29,30,31,33,34). The number of hydrogen-bond acceptors (Lipinski definition) is 9. The van der Waals surface area contributed by atoms with E-state index in [1.807, 2.05) is 20.8 Å². The molecule has 2 heterocycles. The summed E-state index contributed by atoms with van der Waals surface area (Å²) in [5, 5.41) is 5.03. The number of anilines is 1. The molecular formula is C27H31ClN4O7S2. The lowest BCUT2D eigenvalue weighted by Gasteiger charge is -2.34. The normalized spacial score (nSPS) is 15.8. The van der Waals surface area contributed by atoms with E-state index in [1.165, 1.54) is 24.3 Å². The summed E-state index contributed by atoms with van der Waals surface area (Å²) in [5.41, 5.74) is -0.0274. The molecule has 1 fully saturated rings. The molecule has 1 aromatic heterocycles. The zero-order valence-electron chi connectivity index (χ0n) is 23.0. The topological polar surface area (TPSA) is 144 Å². The van der Waals surface area contributed by atoms with Crippen LogP contribution in [0.2, 0.25) is 5.02 Å². The Bertz CT molecular complexity index is 1580. The number of benzene rings is 2. The molecule has 220 valence electrons. The summed E-state index contributed by atoms with van der Waals surface area (Å²) >= 11 is 7.30. The van der Waals surface area contributed by atoms with E-state index in [0.717, 1.165) is 30.4 Å². The molecule has 2 aromatic carbocycles. The third-order valence-electron chi connectivity index (χ3n) is 6.07. The largest absolute Gasteiger partial charge is 0.493 e. The van der Waals surface area contributed by atoms with E-state index in [4.69, 9.17) is 21.1 Å². The van der Waals surface area contributed by atoms with Crippen LogP contribution in [0.4, 0.5) is 14.7 Å². The van der Waals surface area contributed by atoms with Crippen LogP contribution in [-0.4, -0.2) is 67.9 Å². The SMILES string of the molecule is CC(C)(C)OC(=O)N1CCCC(COc2ccc(Cl)c(C(=O)NC(=O)Nc3nc4ccc(S(C)(=O)=O)cc4s3)c2)C1. The highest BCUT2D eigenvalue weighted by molar-refractivity contribution is 7.90. The zero-order chi connectivity index (χ0) is 29.9. The quantitative estimate of drug-likeness (QED) is 0.375. The molecular weight excluding hydrogens is 592 g/mol. The van der Waals surface area contributed by atoms with Gasteiger partial charge >= 0.3 is 12.1 Å². The van der Waals surface area contributed by atoms with E-state index in [1.54, 1.807) is 17.0 Å². The van der Waals surface area contributed by atoms with Crippen molar-refractivity contribution in [2.45, 2.75) is 44.1 Å². The first kappa shape index (κ1) is 30.5. The minimum atomic E-state index is -3.39. The van der Waals surface area contributed by atoms with Gasteiger partial charge in [-0.3, -0.25) is 15.4 Å². The molecule has 4 amide bonds. The summed E-state index contributed by atoms with van der Waals surface area (Å²) in [7, 11) is -3.39. The van der Waals surface area contributed by atoms with Gasteiger partial charge in [-0.2, -0.15) is 0 Å². The fourth-order valence-electron chi connectivity index (χ4n) is 4.16.